The van der Waals surface area contributed by atoms with Gasteiger partial charge in [-0.1, -0.05) is 6.07 Å². The summed E-state index contributed by atoms with van der Waals surface area (Å²) in [6.07, 6.45) is 3.95. The molecule has 0 unspecified atom stereocenters. The number of pyridine rings is 1. The van der Waals surface area contributed by atoms with E-state index in [2.05, 4.69) is 4.98 Å². The zero-order valence-electron chi connectivity index (χ0n) is 11.9. The molecule has 1 amide bonds. The summed E-state index contributed by atoms with van der Waals surface area (Å²) < 4.78 is 5.24. The van der Waals surface area contributed by atoms with Crippen LogP contribution in [0.4, 0.5) is 0 Å². The lowest BCUT2D eigenvalue weighted by atomic mass is 9.94. The first-order chi connectivity index (χ1) is 9.59. The molecule has 1 fully saturated rings. The van der Waals surface area contributed by atoms with Gasteiger partial charge in [-0.15, -0.1) is 0 Å². The summed E-state index contributed by atoms with van der Waals surface area (Å²) in [6, 6.07) is 5.69. The Kier molecular flexibility index (Phi) is 5.09. The van der Waals surface area contributed by atoms with Crippen molar-refractivity contribution in [3.05, 3.63) is 30.1 Å². The van der Waals surface area contributed by atoms with E-state index in [4.69, 9.17) is 4.74 Å². The van der Waals surface area contributed by atoms with Gasteiger partial charge in [0.05, 0.1) is 5.60 Å². The predicted octanol–water partition coefficient (Wildman–Crippen LogP) is 1.01. The van der Waals surface area contributed by atoms with Crippen molar-refractivity contribution in [1.29, 1.82) is 0 Å². The fourth-order valence-corrected chi connectivity index (χ4v) is 2.41. The second kappa shape index (κ2) is 6.81. The summed E-state index contributed by atoms with van der Waals surface area (Å²) in [6.45, 7) is 1.50. The summed E-state index contributed by atoms with van der Waals surface area (Å²) in [5.74, 6) is 0.0376. The van der Waals surface area contributed by atoms with Crippen LogP contribution in [-0.4, -0.2) is 53.3 Å². The van der Waals surface area contributed by atoms with Crippen molar-refractivity contribution in [1.82, 2.24) is 9.88 Å². The van der Waals surface area contributed by atoms with Crippen LogP contribution in [0, 0.1) is 0 Å². The highest BCUT2D eigenvalue weighted by molar-refractivity contribution is 5.76. The molecule has 0 aliphatic carbocycles. The Balaban J connectivity index is 1.79. The fraction of sp³-hybridized carbons (Fsp3) is 0.600. The van der Waals surface area contributed by atoms with Gasteiger partial charge in [-0.25, -0.2) is 0 Å². The summed E-state index contributed by atoms with van der Waals surface area (Å²) in [5, 5.41) is 10.4. The molecular formula is C15H22N2O3. The molecule has 0 spiro atoms. The molecule has 2 heterocycles. The van der Waals surface area contributed by atoms with Crippen molar-refractivity contribution >= 4 is 5.91 Å². The largest absolute Gasteiger partial charge is 0.388 e. The SMILES string of the molecule is CN(CC1(O)CCOCC1)C(=O)CCc1ccccn1. The Hall–Kier alpha value is -1.46. The van der Waals surface area contributed by atoms with Crippen molar-refractivity contribution < 1.29 is 14.6 Å². The van der Waals surface area contributed by atoms with Crippen LogP contribution in [0.5, 0.6) is 0 Å². The number of rotatable bonds is 5. The molecule has 0 bridgehead atoms. The van der Waals surface area contributed by atoms with E-state index in [-0.39, 0.29) is 5.91 Å². The van der Waals surface area contributed by atoms with Gasteiger partial charge in [-0.3, -0.25) is 9.78 Å². The number of likely N-dealkylation sites (N-methyl/N-ethyl adjacent to an activating group) is 1. The first-order valence-electron chi connectivity index (χ1n) is 7.03. The molecule has 20 heavy (non-hydrogen) atoms. The molecule has 1 aliphatic heterocycles. The average molecular weight is 278 g/mol. The van der Waals surface area contributed by atoms with Crippen LogP contribution in [0.1, 0.15) is 25.0 Å². The maximum atomic E-state index is 12.1. The first kappa shape index (κ1) is 14.9. The second-order valence-electron chi connectivity index (χ2n) is 5.41. The van der Waals surface area contributed by atoms with Gasteiger partial charge >= 0.3 is 0 Å². The molecule has 2 rings (SSSR count). The zero-order valence-corrected chi connectivity index (χ0v) is 11.9. The monoisotopic (exact) mass is 278 g/mol. The normalized spacial score (nSPS) is 17.7. The minimum Gasteiger partial charge on any atom is -0.388 e. The van der Waals surface area contributed by atoms with Crippen LogP contribution >= 0.6 is 0 Å². The van der Waals surface area contributed by atoms with Crippen LogP contribution in [0.3, 0.4) is 0 Å². The highest BCUT2D eigenvalue weighted by Crippen LogP contribution is 2.21. The molecule has 110 valence electrons. The number of aliphatic hydroxyl groups is 1. The van der Waals surface area contributed by atoms with E-state index in [1.165, 1.54) is 0 Å². The molecule has 1 aromatic rings. The molecule has 1 N–H and O–H groups in total. The zero-order chi connectivity index (χ0) is 14.4. The number of hydrogen-bond acceptors (Lipinski definition) is 4. The number of carbonyl (C=O) groups excluding carboxylic acids is 1. The standard InChI is InChI=1S/C15H22N2O3/c1-17(12-15(19)7-10-20-11-8-15)14(18)6-5-13-4-2-3-9-16-13/h2-4,9,19H,5-8,10-12H2,1H3. The third kappa shape index (κ3) is 4.28. The molecule has 0 saturated carbocycles. The minimum atomic E-state index is -0.798. The van der Waals surface area contributed by atoms with Gasteiger partial charge in [0.1, 0.15) is 0 Å². The minimum absolute atomic E-state index is 0.0376. The molecular weight excluding hydrogens is 256 g/mol. The number of hydrogen-bond donors (Lipinski definition) is 1. The third-order valence-electron chi connectivity index (χ3n) is 3.70. The molecule has 5 nitrogen and oxygen atoms in total. The average Bonchev–Trinajstić information content (AvgIpc) is 2.46. The Morgan fingerprint density at radius 2 is 2.20 bits per heavy atom. The van der Waals surface area contributed by atoms with Crippen molar-refractivity contribution in [3.63, 3.8) is 0 Å². The number of ether oxygens (including phenoxy) is 1. The van der Waals surface area contributed by atoms with Gasteiger partial charge in [-0.05, 0) is 18.6 Å². The van der Waals surface area contributed by atoms with E-state index >= 15 is 0 Å². The van der Waals surface area contributed by atoms with Crippen LogP contribution in [0.2, 0.25) is 0 Å². The van der Waals surface area contributed by atoms with Gasteiger partial charge in [0.25, 0.3) is 0 Å². The number of nitrogens with zero attached hydrogens (tertiary/aromatic N) is 2. The van der Waals surface area contributed by atoms with E-state index in [0.29, 0.717) is 45.4 Å². The van der Waals surface area contributed by atoms with Crippen molar-refractivity contribution in [3.8, 4) is 0 Å². The topological polar surface area (TPSA) is 62.7 Å². The highest BCUT2D eigenvalue weighted by atomic mass is 16.5. The Bertz CT molecular complexity index is 430. The lowest BCUT2D eigenvalue weighted by molar-refractivity contribution is -0.136. The van der Waals surface area contributed by atoms with E-state index < -0.39 is 5.60 Å². The molecule has 0 radical (unpaired) electrons. The van der Waals surface area contributed by atoms with E-state index in [0.717, 1.165) is 5.69 Å². The molecule has 0 atom stereocenters. The van der Waals surface area contributed by atoms with Gasteiger partial charge in [0.15, 0.2) is 0 Å². The van der Waals surface area contributed by atoms with Crippen LogP contribution in [-0.2, 0) is 16.0 Å². The molecule has 0 aromatic carbocycles. The van der Waals surface area contributed by atoms with Gasteiger partial charge in [0, 0.05) is 58.0 Å². The van der Waals surface area contributed by atoms with Crippen LogP contribution < -0.4 is 0 Å². The second-order valence-corrected chi connectivity index (χ2v) is 5.41. The van der Waals surface area contributed by atoms with Crippen molar-refractivity contribution in [2.75, 3.05) is 26.8 Å². The predicted molar refractivity (Wildman–Crippen MR) is 75.2 cm³/mol. The quantitative estimate of drug-likeness (QED) is 0.873. The number of aryl methyl sites for hydroxylation is 1. The smallest absolute Gasteiger partial charge is 0.222 e. The Labute approximate surface area is 119 Å². The van der Waals surface area contributed by atoms with E-state index in [9.17, 15) is 9.90 Å². The number of aromatic nitrogens is 1. The van der Waals surface area contributed by atoms with Crippen LogP contribution in [0.15, 0.2) is 24.4 Å². The molecule has 1 aliphatic rings. The first-order valence-corrected chi connectivity index (χ1v) is 7.03. The summed E-state index contributed by atoms with van der Waals surface area (Å²) in [5.41, 5.74) is 0.118. The van der Waals surface area contributed by atoms with E-state index in [1.807, 2.05) is 18.2 Å². The number of amides is 1. The Morgan fingerprint density at radius 3 is 2.85 bits per heavy atom. The summed E-state index contributed by atoms with van der Waals surface area (Å²) >= 11 is 0. The maximum Gasteiger partial charge on any atom is 0.222 e. The van der Waals surface area contributed by atoms with Gasteiger partial charge < -0.3 is 14.7 Å². The van der Waals surface area contributed by atoms with Crippen molar-refractivity contribution in [2.45, 2.75) is 31.3 Å². The lowest BCUT2D eigenvalue weighted by Gasteiger charge is -2.35. The van der Waals surface area contributed by atoms with Crippen LogP contribution in [0.25, 0.3) is 0 Å². The van der Waals surface area contributed by atoms with Crippen molar-refractivity contribution in [2.24, 2.45) is 0 Å². The van der Waals surface area contributed by atoms with E-state index in [1.54, 1.807) is 18.1 Å². The summed E-state index contributed by atoms with van der Waals surface area (Å²) in [7, 11) is 1.74. The molecule has 5 heteroatoms. The third-order valence-corrected chi connectivity index (χ3v) is 3.70. The van der Waals surface area contributed by atoms with Gasteiger partial charge in [-0.2, -0.15) is 0 Å². The highest BCUT2D eigenvalue weighted by Gasteiger charge is 2.32. The Morgan fingerprint density at radius 1 is 1.45 bits per heavy atom. The molecule has 1 aromatic heterocycles. The maximum absolute atomic E-state index is 12.1. The number of carbonyl (C=O) groups is 1. The van der Waals surface area contributed by atoms with Gasteiger partial charge in [0.2, 0.25) is 5.91 Å². The fourth-order valence-electron chi connectivity index (χ4n) is 2.41. The summed E-state index contributed by atoms with van der Waals surface area (Å²) in [4.78, 5) is 17.9. The molecule has 1 saturated heterocycles. The lowest BCUT2D eigenvalue weighted by Crippen LogP contribution is -2.47.